The number of hydrogen-bond acceptors (Lipinski definition) is 4. The van der Waals surface area contributed by atoms with Crippen LogP contribution in [-0.4, -0.2) is 16.6 Å². The number of amides is 1. The molecule has 1 aromatic heterocycles. The van der Waals surface area contributed by atoms with Crippen molar-refractivity contribution in [2.75, 3.05) is 0 Å². The van der Waals surface area contributed by atoms with Crippen LogP contribution in [0.2, 0.25) is 0 Å². The van der Waals surface area contributed by atoms with Crippen LogP contribution in [0, 0.1) is 0 Å². The molecule has 0 spiro atoms. The van der Waals surface area contributed by atoms with Crippen LogP contribution < -0.4 is 15.8 Å². The van der Waals surface area contributed by atoms with Gasteiger partial charge in [0.15, 0.2) is 0 Å². The Morgan fingerprint density at radius 3 is 2.81 bits per heavy atom. The van der Waals surface area contributed by atoms with Crippen LogP contribution in [0.4, 0.5) is 4.79 Å². The van der Waals surface area contributed by atoms with Gasteiger partial charge in [-0.3, -0.25) is 0 Å². The quantitative estimate of drug-likeness (QED) is 0.795. The fourth-order valence-corrected chi connectivity index (χ4v) is 1.06. The van der Waals surface area contributed by atoms with Crippen LogP contribution in [0.3, 0.4) is 0 Å². The van der Waals surface area contributed by atoms with E-state index < -0.39 is 6.09 Å². The Hall–Kier alpha value is -1.62. The lowest BCUT2D eigenvalue weighted by Crippen LogP contribution is -2.42. The van der Waals surface area contributed by atoms with Gasteiger partial charge >= 0.3 is 6.09 Å². The molecule has 5 nitrogen and oxygen atoms in total. The maximum absolute atomic E-state index is 11.4. The van der Waals surface area contributed by atoms with Crippen molar-refractivity contribution in [2.24, 2.45) is 5.73 Å². The van der Waals surface area contributed by atoms with Gasteiger partial charge in [-0.15, -0.1) is 0 Å². The van der Waals surface area contributed by atoms with Crippen molar-refractivity contribution < 1.29 is 9.53 Å². The molecular weight excluding hydrogens is 206 g/mol. The number of rotatable bonds is 2. The zero-order chi connectivity index (χ0) is 12.2. The number of nitrogens with one attached hydrogen (secondary N) is 1. The van der Waals surface area contributed by atoms with Crippen molar-refractivity contribution in [2.45, 2.75) is 32.9 Å². The molecule has 3 N–H and O–H groups in total. The lowest BCUT2D eigenvalue weighted by atomic mass is 10.1. The summed E-state index contributed by atoms with van der Waals surface area (Å²) < 4.78 is 5.02. The van der Waals surface area contributed by atoms with Crippen molar-refractivity contribution in [3.8, 4) is 5.88 Å². The third kappa shape index (κ3) is 4.27. The van der Waals surface area contributed by atoms with Crippen molar-refractivity contribution in [3.05, 3.63) is 23.9 Å². The maximum Gasteiger partial charge on any atom is 0.414 e. The first-order valence-corrected chi connectivity index (χ1v) is 5.06. The molecule has 0 atom stereocenters. The maximum atomic E-state index is 11.4. The second-order valence-corrected chi connectivity index (χ2v) is 4.47. The van der Waals surface area contributed by atoms with Crippen LogP contribution in [-0.2, 0) is 6.54 Å². The summed E-state index contributed by atoms with van der Waals surface area (Å²) in [7, 11) is 0. The molecule has 0 bridgehead atoms. The van der Waals surface area contributed by atoms with Crippen LogP contribution >= 0.6 is 0 Å². The van der Waals surface area contributed by atoms with E-state index in [4.69, 9.17) is 10.5 Å². The summed E-state index contributed by atoms with van der Waals surface area (Å²) in [6.07, 6.45) is 1.04. The highest BCUT2D eigenvalue weighted by Crippen LogP contribution is 2.09. The average molecular weight is 223 g/mol. The summed E-state index contributed by atoms with van der Waals surface area (Å²) in [5, 5.41) is 2.67. The monoisotopic (exact) mass is 223 g/mol. The van der Waals surface area contributed by atoms with E-state index in [0.29, 0.717) is 6.54 Å². The van der Waals surface area contributed by atoms with E-state index in [1.165, 1.54) is 0 Å². The van der Waals surface area contributed by atoms with Crippen LogP contribution in [0.5, 0.6) is 5.88 Å². The van der Waals surface area contributed by atoms with E-state index in [1.54, 1.807) is 18.3 Å². The molecule has 5 heteroatoms. The Bertz CT molecular complexity index is 372. The van der Waals surface area contributed by atoms with Crippen LogP contribution in [0.15, 0.2) is 18.3 Å². The second-order valence-electron chi connectivity index (χ2n) is 4.47. The van der Waals surface area contributed by atoms with Gasteiger partial charge in [0.05, 0.1) is 0 Å². The third-order valence-electron chi connectivity index (χ3n) is 1.71. The molecule has 0 aliphatic rings. The molecule has 1 amide bonds. The van der Waals surface area contributed by atoms with Gasteiger partial charge in [0.25, 0.3) is 0 Å². The summed E-state index contributed by atoms with van der Waals surface area (Å²) in [5.41, 5.74) is 6.01. The third-order valence-corrected chi connectivity index (χ3v) is 1.71. The summed E-state index contributed by atoms with van der Waals surface area (Å²) in [6.45, 7) is 6.01. The molecule has 0 saturated carbocycles. The smallest absolute Gasteiger partial charge is 0.391 e. The molecular formula is C11H17N3O2. The molecule has 1 rings (SSSR count). The number of nitrogens with two attached hydrogens (primary N) is 1. The molecule has 88 valence electrons. The Morgan fingerprint density at radius 1 is 1.56 bits per heavy atom. The summed E-state index contributed by atoms with van der Waals surface area (Å²) in [4.78, 5) is 15.3. The fraction of sp³-hybridized carbons (Fsp3) is 0.455. The van der Waals surface area contributed by atoms with Crippen molar-refractivity contribution in [1.82, 2.24) is 10.3 Å². The molecule has 16 heavy (non-hydrogen) atoms. The molecule has 0 aliphatic carbocycles. The first-order chi connectivity index (χ1) is 7.40. The first-order valence-electron chi connectivity index (χ1n) is 5.06. The van der Waals surface area contributed by atoms with E-state index >= 15 is 0 Å². The largest absolute Gasteiger partial charge is 0.414 e. The fourth-order valence-electron chi connectivity index (χ4n) is 1.06. The number of ether oxygens (including phenoxy) is 1. The molecule has 0 saturated heterocycles. The van der Waals surface area contributed by atoms with E-state index in [2.05, 4.69) is 10.3 Å². The number of carbonyl (C=O) groups is 1. The zero-order valence-electron chi connectivity index (χ0n) is 9.78. The van der Waals surface area contributed by atoms with Gasteiger partial charge in [0.2, 0.25) is 5.88 Å². The number of aromatic nitrogens is 1. The minimum absolute atomic E-state index is 0.254. The molecule has 0 aromatic carbocycles. The number of pyridine rings is 1. The highest BCUT2D eigenvalue weighted by Gasteiger charge is 2.15. The van der Waals surface area contributed by atoms with Gasteiger partial charge in [0, 0.05) is 24.3 Å². The minimum Gasteiger partial charge on any atom is -0.391 e. The van der Waals surface area contributed by atoms with Gasteiger partial charge in [-0.25, -0.2) is 9.78 Å². The van der Waals surface area contributed by atoms with Crippen molar-refractivity contribution >= 4 is 6.09 Å². The first kappa shape index (κ1) is 12.4. The predicted molar refractivity (Wildman–Crippen MR) is 61.0 cm³/mol. The lowest BCUT2D eigenvalue weighted by Gasteiger charge is -2.19. The summed E-state index contributed by atoms with van der Waals surface area (Å²) >= 11 is 0. The van der Waals surface area contributed by atoms with Gasteiger partial charge in [-0.05, 0) is 32.4 Å². The number of hydrogen-bond donors (Lipinski definition) is 2. The van der Waals surface area contributed by atoms with E-state index in [0.717, 1.165) is 5.56 Å². The molecule has 0 radical (unpaired) electrons. The normalized spacial score (nSPS) is 11.0. The highest BCUT2D eigenvalue weighted by atomic mass is 16.6. The SMILES string of the molecule is CC(C)(C)NC(=O)Oc1cc(CN)ccn1. The van der Waals surface area contributed by atoms with Gasteiger partial charge in [0.1, 0.15) is 0 Å². The van der Waals surface area contributed by atoms with Crippen LogP contribution in [0.25, 0.3) is 0 Å². The molecule has 0 unspecified atom stereocenters. The molecule has 1 aromatic rings. The van der Waals surface area contributed by atoms with E-state index in [-0.39, 0.29) is 11.4 Å². The number of nitrogens with zero attached hydrogens (tertiary/aromatic N) is 1. The highest BCUT2D eigenvalue weighted by molar-refractivity contribution is 5.70. The Morgan fingerprint density at radius 2 is 2.25 bits per heavy atom. The summed E-state index contributed by atoms with van der Waals surface area (Å²) in [5.74, 6) is 0.254. The Kier molecular flexibility index (Phi) is 3.84. The molecule has 0 fully saturated rings. The van der Waals surface area contributed by atoms with Gasteiger partial charge in [-0.1, -0.05) is 0 Å². The summed E-state index contributed by atoms with van der Waals surface area (Å²) in [6, 6.07) is 3.41. The lowest BCUT2D eigenvalue weighted by molar-refractivity contribution is 0.189. The van der Waals surface area contributed by atoms with Crippen molar-refractivity contribution in [1.29, 1.82) is 0 Å². The molecule has 0 aliphatic heterocycles. The molecule has 1 heterocycles. The standard InChI is InChI=1S/C11H17N3O2/c1-11(2,3)14-10(15)16-9-6-8(7-12)4-5-13-9/h4-6H,7,12H2,1-3H3,(H,14,15). The van der Waals surface area contributed by atoms with Gasteiger partial charge in [-0.2, -0.15) is 0 Å². The Labute approximate surface area is 95.0 Å². The second kappa shape index (κ2) is 4.94. The minimum atomic E-state index is -0.519. The van der Waals surface area contributed by atoms with Crippen LogP contribution in [0.1, 0.15) is 26.3 Å². The van der Waals surface area contributed by atoms with E-state index in [9.17, 15) is 4.79 Å². The zero-order valence-corrected chi connectivity index (χ0v) is 9.78. The van der Waals surface area contributed by atoms with Crippen molar-refractivity contribution in [3.63, 3.8) is 0 Å². The Balaban J connectivity index is 2.62. The van der Waals surface area contributed by atoms with E-state index in [1.807, 2.05) is 20.8 Å². The topological polar surface area (TPSA) is 77.2 Å². The predicted octanol–water partition coefficient (Wildman–Crippen LogP) is 1.43. The number of carbonyl (C=O) groups excluding carboxylic acids is 1. The average Bonchev–Trinajstić information content (AvgIpc) is 2.15. The van der Waals surface area contributed by atoms with Gasteiger partial charge < -0.3 is 15.8 Å².